The number of alkyl halides is 3. The van der Waals surface area contributed by atoms with Crippen molar-refractivity contribution in [2.75, 3.05) is 57.2 Å². The summed E-state index contributed by atoms with van der Waals surface area (Å²) in [5.74, 6) is 0.555. The highest BCUT2D eigenvalue weighted by Gasteiger charge is 2.34. The van der Waals surface area contributed by atoms with E-state index < -0.39 is 11.9 Å². The Bertz CT molecular complexity index is 559. The van der Waals surface area contributed by atoms with E-state index >= 15 is 0 Å². The number of hydrogen-bond acceptors (Lipinski definition) is 6. The topological polar surface area (TPSA) is 53.5 Å². The average Bonchev–Trinajstić information content (AvgIpc) is 2.54. The number of halogens is 3. The van der Waals surface area contributed by atoms with Crippen LogP contribution in [0.1, 0.15) is 19.5 Å². The number of nitrogens with zero attached hydrogens (tertiary/aromatic N) is 4. The lowest BCUT2D eigenvalue weighted by molar-refractivity contribution is -0.141. The summed E-state index contributed by atoms with van der Waals surface area (Å²) in [4.78, 5) is 11.7. The van der Waals surface area contributed by atoms with E-state index in [-0.39, 0.29) is 17.8 Å². The summed E-state index contributed by atoms with van der Waals surface area (Å²) in [7, 11) is 3.30. The number of morpholine rings is 1. The molecule has 0 radical (unpaired) electrons. The highest BCUT2D eigenvalue weighted by Crippen LogP contribution is 2.30. The lowest BCUT2D eigenvalue weighted by Crippen LogP contribution is -2.49. The van der Waals surface area contributed by atoms with Crippen LogP contribution in [-0.4, -0.2) is 67.9 Å². The summed E-state index contributed by atoms with van der Waals surface area (Å²) >= 11 is 0. The molecule has 2 heterocycles. The van der Waals surface area contributed by atoms with Crippen molar-refractivity contribution in [2.24, 2.45) is 5.92 Å². The summed E-state index contributed by atoms with van der Waals surface area (Å²) in [6.45, 7) is 7.65. The fraction of sp³-hybridized carbons (Fsp3) is 0.750. The van der Waals surface area contributed by atoms with Crippen LogP contribution in [0.4, 0.5) is 24.9 Å². The van der Waals surface area contributed by atoms with Crippen LogP contribution in [0.25, 0.3) is 0 Å². The smallest absolute Gasteiger partial charge is 0.379 e. The van der Waals surface area contributed by atoms with Crippen LogP contribution in [0.3, 0.4) is 0 Å². The molecule has 1 saturated heterocycles. The molecular formula is C16H26F3N5O. The molecule has 6 nitrogen and oxygen atoms in total. The predicted molar refractivity (Wildman–Crippen MR) is 90.9 cm³/mol. The molecule has 0 saturated carbocycles. The quantitative estimate of drug-likeness (QED) is 0.839. The van der Waals surface area contributed by atoms with Gasteiger partial charge >= 0.3 is 6.18 Å². The van der Waals surface area contributed by atoms with Gasteiger partial charge in [0, 0.05) is 45.8 Å². The minimum absolute atomic E-state index is 0.00238. The van der Waals surface area contributed by atoms with E-state index in [1.54, 1.807) is 14.1 Å². The highest BCUT2D eigenvalue weighted by molar-refractivity contribution is 5.44. The summed E-state index contributed by atoms with van der Waals surface area (Å²) < 4.78 is 44.6. The lowest BCUT2D eigenvalue weighted by Gasteiger charge is -2.37. The van der Waals surface area contributed by atoms with Crippen molar-refractivity contribution in [3.8, 4) is 0 Å². The van der Waals surface area contributed by atoms with Crippen LogP contribution in [0, 0.1) is 5.92 Å². The molecule has 0 amide bonds. The van der Waals surface area contributed by atoms with Crippen LogP contribution < -0.4 is 10.2 Å². The van der Waals surface area contributed by atoms with E-state index in [0.717, 1.165) is 19.2 Å². The van der Waals surface area contributed by atoms with E-state index in [4.69, 9.17) is 4.74 Å². The van der Waals surface area contributed by atoms with Gasteiger partial charge in [-0.05, 0) is 5.92 Å². The van der Waals surface area contributed by atoms with Crippen molar-refractivity contribution < 1.29 is 17.9 Å². The summed E-state index contributed by atoms with van der Waals surface area (Å²) in [6.07, 6.45) is -4.51. The first kappa shape index (κ1) is 19.7. The van der Waals surface area contributed by atoms with Crippen molar-refractivity contribution in [3.63, 3.8) is 0 Å². The summed E-state index contributed by atoms with van der Waals surface area (Å²) in [5, 5.41) is 3.00. The Hall–Kier alpha value is -1.61. The van der Waals surface area contributed by atoms with Crippen LogP contribution in [0.2, 0.25) is 0 Å². The van der Waals surface area contributed by atoms with E-state index in [1.807, 2.05) is 0 Å². The van der Waals surface area contributed by atoms with Crippen molar-refractivity contribution >= 4 is 11.8 Å². The number of ether oxygens (including phenoxy) is 1. The average molecular weight is 361 g/mol. The first-order chi connectivity index (χ1) is 11.7. The molecular weight excluding hydrogens is 335 g/mol. The maximum Gasteiger partial charge on any atom is 0.433 e. The van der Waals surface area contributed by atoms with Gasteiger partial charge in [0.1, 0.15) is 5.82 Å². The van der Waals surface area contributed by atoms with Gasteiger partial charge in [-0.25, -0.2) is 4.98 Å². The van der Waals surface area contributed by atoms with Crippen LogP contribution in [-0.2, 0) is 10.9 Å². The zero-order valence-electron chi connectivity index (χ0n) is 15.1. The van der Waals surface area contributed by atoms with Crippen molar-refractivity contribution in [3.05, 3.63) is 11.8 Å². The highest BCUT2D eigenvalue weighted by atomic mass is 19.4. The minimum atomic E-state index is -4.51. The standard InChI is InChI=1S/C16H26F3N5O/c1-11(2)12(24-5-7-25-8-6-24)10-20-15-21-13(16(17,18)19)9-14(22-15)23(3)4/h9,11-12H,5-8,10H2,1-4H3,(H,20,21,22). The monoisotopic (exact) mass is 361 g/mol. The molecule has 1 aliphatic heterocycles. The fourth-order valence-corrected chi connectivity index (χ4v) is 2.78. The van der Waals surface area contributed by atoms with Gasteiger partial charge in [-0.3, -0.25) is 4.90 Å². The van der Waals surface area contributed by atoms with Gasteiger partial charge in [0.25, 0.3) is 0 Å². The van der Waals surface area contributed by atoms with Gasteiger partial charge in [0.15, 0.2) is 5.69 Å². The molecule has 2 rings (SSSR count). The number of aromatic nitrogens is 2. The van der Waals surface area contributed by atoms with Crippen molar-refractivity contribution in [2.45, 2.75) is 26.1 Å². The molecule has 1 aromatic rings. The molecule has 0 aromatic carbocycles. The number of hydrogen-bond donors (Lipinski definition) is 1. The molecule has 0 bridgehead atoms. The SMILES string of the molecule is CC(C)C(CNc1nc(N(C)C)cc(C(F)(F)F)n1)N1CCOCC1. The molecule has 0 aliphatic carbocycles. The molecule has 0 spiro atoms. The number of nitrogens with one attached hydrogen (secondary N) is 1. The third-order valence-corrected chi connectivity index (χ3v) is 4.21. The van der Waals surface area contributed by atoms with Gasteiger partial charge in [-0.1, -0.05) is 13.8 Å². The Morgan fingerprint density at radius 1 is 1.24 bits per heavy atom. The second kappa shape index (κ2) is 8.18. The molecule has 9 heteroatoms. The molecule has 1 atom stereocenters. The Balaban J connectivity index is 2.15. The summed E-state index contributed by atoms with van der Waals surface area (Å²) in [6, 6.07) is 1.12. The molecule has 25 heavy (non-hydrogen) atoms. The summed E-state index contributed by atoms with van der Waals surface area (Å²) in [5.41, 5.74) is -0.943. The third kappa shape index (κ3) is 5.43. The second-order valence-corrected chi connectivity index (χ2v) is 6.67. The van der Waals surface area contributed by atoms with E-state index in [0.29, 0.717) is 25.7 Å². The number of rotatable bonds is 6. The van der Waals surface area contributed by atoms with E-state index in [1.165, 1.54) is 4.90 Å². The van der Waals surface area contributed by atoms with Gasteiger partial charge in [-0.15, -0.1) is 0 Å². The first-order valence-electron chi connectivity index (χ1n) is 8.37. The van der Waals surface area contributed by atoms with Crippen molar-refractivity contribution in [1.82, 2.24) is 14.9 Å². The molecule has 1 fully saturated rings. The Labute approximate surface area is 146 Å². The fourth-order valence-electron chi connectivity index (χ4n) is 2.78. The van der Waals surface area contributed by atoms with Crippen LogP contribution in [0.5, 0.6) is 0 Å². The zero-order chi connectivity index (χ0) is 18.6. The predicted octanol–water partition coefficient (Wildman–Crippen LogP) is 2.33. The molecule has 1 unspecified atom stereocenters. The van der Waals surface area contributed by atoms with E-state index in [9.17, 15) is 13.2 Å². The first-order valence-corrected chi connectivity index (χ1v) is 8.37. The number of anilines is 2. The van der Waals surface area contributed by atoms with Gasteiger partial charge < -0.3 is 15.0 Å². The Kier molecular flexibility index (Phi) is 6.45. The molecule has 1 N–H and O–H groups in total. The Morgan fingerprint density at radius 2 is 1.88 bits per heavy atom. The van der Waals surface area contributed by atoms with Crippen molar-refractivity contribution in [1.29, 1.82) is 0 Å². The third-order valence-electron chi connectivity index (χ3n) is 4.21. The largest absolute Gasteiger partial charge is 0.433 e. The zero-order valence-corrected chi connectivity index (χ0v) is 15.1. The second-order valence-electron chi connectivity index (χ2n) is 6.67. The molecule has 1 aliphatic rings. The maximum atomic E-state index is 13.1. The van der Waals surface area contributed by atoms with Gasteiger partial charge in [0.2, 0.25) is 5.95 Å². The van der Waals surface area contributed by atoms with Gasteiger partial charge in [0.05, 0.1) is 13.2 Å². The molecule has 142 valence electrons. The minimum Gasteiger partial charge on any atom is -0.379 e. The lowest BCUT2D eigenvalue weighted by atomic mass is 10.0. The van der Waals surface area contributed by atoms with Crippen LogP contribution >= 0.6 is 0 Å². The normalized spacial score (nSPS) is 17.6. The van der Waals surface area contributed by atoms with Crippen LogP contribution in [0.15, 0.2) is 6.07 Å². The Morgan fingerprint density at radius 3 is 2.40 bits per heavy atom. The van der Waals surface area contributed by atoms with Gasteiger partial charge in [-0.2, -0.15) is 18.2 Å². The maximum absolute atomic E-state index is 13.1. The van der Waals surface area contributed by atoms with E-state index in [2.05, 4.69) is 34.0 Å². The molecule has 1 aromatic heterocycles.